The molecular formula is C16H15FO2S. The van der Waals surface area contributed by atoms with Crippen molar-refractivity contribution in [3.05, 3.63) is 71.0 Å². The van der Waals surface area contributed by atoms with E-state index >= 15 is 0 Å². The summed E-state index contributed by atoms with van der Waals surface area (Å²) < 4.78 is 25.1. The van der Waals surface area contributed by atoms with E-state index in [0.717, 1.165) is 11.1 Å². The SMILES string of the molecule is Cc1ccccc1CS(=O)CC(=O)c1cccc(F)c1. The van der Waals surface area contributed by atoms with Crippen LogP contribution < -0.4 is 0 Å². The molecule has 0 amide bonds. The van der Waals surface area contributed by atoms with Gasteiger partial charge in [0, 0.05) is 22.1 Å². The Morgan fingerprint density at radius 1 is 1.15 bits per heavy atom. The number of ketones is 1. The molecular weight excluding hydrogens is 275 g/mol. The van der Waals surface area contributed by atoms with Crippen molar-refractivity contribution in [2.45, 2.75) is 12.7 Å². The number of Topliss-reactive ketones (excluding diaryl/α,β-unsaturated/α-hetero) is 1. The van der Waals surface area contributed by atoms with Crippen molar-refractivity contribution in [2.75, 3.05) is 5.75 Å². The highest BCUT2D eigenvalue weighted by Gasteiger charge is 2.12. The fraction of sp³-hybridized carbons (Fsp3) is 0.188. The average molecular weight is 290 g/mol. The van der Waals surface area contributed by atoms with Gasteiger partial charge in [-0.25, -0.2) is 4.39 Å². The average Bonchev–Trinajstić information content (AvgIpc) is 2.41. The van der Waals surface area contributed by atoms with E-state index in [1.165, 1.54) is 24.3 Å². The van der Waals surface area contributed by atoms with Gasteiger partial charge in [-0.3, -0.25) is 9.00 Å². The minimum absolute atomic E-state index is 0.0855. The van der Waals surface area contributed by atoms with Crippen LogP contribution in [0.25, 0.3) is 0 Å². The maximum atomic E-state index is 13.0. The third-order valence-electron chi connectivity index (χ3n) is 3.02. The summed E-state index contributed by atoms with van der Waals surface area (Å²) in [5, 5.41) is 0. The zero-order valence-electron chi connectivity index (χ0n) is 11.1. The van der Waals surface area contributed by atoms with Crippen molar-refractivity contribution < 1.29 is 13.4 Å². The predicted octanol–water partition coefficient (Wildman–Crippen LogP) is 3.27. The smallest absolute Gasteiger partial charge is 0.175 e. The van der Waals surface area contributed by atoms with E-state index in [1.807, 2.05) is 31.2 Å². The van der Waals surface area contributed by atoms with Gasteiger partial charge in [0.05, 0.1) is 5.75 Å². The Morgan fingerprint density at radius 3 is 2.60 bits per heavy atom. The maximum absolute atomic E-state index is 13.0. The number of hydrogen-bond donors (Lipinski definition) is 0. The van der Waals surface area contributed by atoms with Crippen LogP contribution in [0.15, 0.2) is 48.5 Å². The van der Waals surface area contributed by atoms with E-state index in [9.17, 15) is 13.4 Å². The number of benzene rings is 2. The number of hydrogen-bond acceptors (Lipinski definition) is 2. The molecule has 0 aliphatic heterocycles. The summed E-state index contributed by atoms with van der Waals surface area (Å²) in [4.78, 5) is 11.9. The number of rotatable bonds is 5. The summed E-state index contributed by atoms with van der Waals surface area (Å²) in [7, 11) is -1.29. The number of carbonyl (C=O) groups is 1. The minimum Gasteiger partial charge on any atom is -0.293 e. The first-order chi connectivity index (χ1) is 9.56. The number of halogens is 1. The normalized spacial score (nSPS) is 12.1. The molecule has 0 aliphatic rings. The minimum atomic E-state index is -1.29. The van der Waals surface area contributed by atoms with E-state index in [4.69, 9.17) is 0 Å². The number of carbonyl (C=O) groups excluding carboxylic acids is 1. The van der Waals surface area contributed by atoms with E-state index in [2.05, 4.69) is 0 Å². The molecule has 2 aromatic rings. The highest BCUT2D eigenvalue weighted by atomic mass is 32.2. The van der Waals surface area contributed by atoms with Crippen molar-refractivity contribution in [1.29, 1.82) is 0 Å². The van der Waals surface area contributed by atoms with Gasteiger partial charge in [0.15, 0.2) is 5.78 Å². The van der Waals surface area contributed by atoms with Gasteiger partial charge in [-0.1, -0.05) is 36.4 Å². The van der Waals surface area contributed by atoms with Gasteiger partial charge in [0.25, 0.3) is 0 Å². The van der Waals surface area contributed by atoms with Crippen LogP contribution in [0.3, 0.4) is 0 Å². The molecule has 104 valence electrons. The van der Waals surface area contributed by atoms with Crippen molar-refractivity contribution in [3.8, 4) is 0 Å². The quantitative estimate of drug-likeness (QED) is 0.792. The Bertz CT molecular complexity index is 652. The zero-order valence-corrected chi connectivity index (χ0v) is 12.0. The highest BCUT2D eigenvalue weighted by Crippen LogP contribution is 2.11. The van der Waals surface area contributed by atoms with E-state index < -0.39 is 16.6 Å². The molecule has 0 fully saturated rings. The fourth-order valence-corrected chi connectivity index (χ4v) is 3.12. The van der Waals surface area contributed by atoms with E-state index in [1.54, 1.807) is 0 Å². The first kappa shape index (κ1) is 14.6. The Hall–Kier alpha value is -1.81. The number of aryl methyl sites for hydroxylation is 1. The molecule has 0 saturated carbocycles. The molecule has 2 aromatic carbocycles. The lowest BCUT2D eigenvalue weighted by molar-refractivity contribution is 0.102. The third-order valence-corrected chi connectivity index (χ3v) is 4.23. The van der Waals surface area contributed by atoms with Gasteiger partial charge in [0.1, 0.15) is 5.82 Å². The maximum Gasteiger partial charge on any atom is 0.175 e. The second-order valence-corrected chi connectivity index (χ2v) is 6.05. The van der Waals surface area contributed by atoms with Crippen LogP contribution in [0.1, 0.15) is 21.5 Å². The Balaban J connectivity index is 2.02. The molecule has 2 rings (SSSR count). The third kappa shape index (κ3) is 3.84. The lowest BCUT2D eigenvalue weighted by Crippen LogP contribution is -2.13. The molecule has 20 heavy (non-hydrogen) atoms. The van der Waals surface area contributed by atoms with Crippen LogP contribution in [0, 0.1) is 12.7 Å². The van der Waals surface area contributed by atoms with Crippen LogP contribution >= 0.6 is 0 Å². The summed E-state index contributed by atoms with van der Waals surface area (Å²) in [6.07, 6.45) is 0. The first-order valence-corrected chi connectivity index (χ1v) is 7.73. The molecule has 0 bridgehead atoms. The molecule has 0 aliphatic carbocycles. The molecule has 0 heterocycles. The van der Waals surface area contributed by atoms with Crippen molar-refractivity contribution in [2.24, 2.45) is 0 Å². The summed E-state index contributed by atoms with van der Waals surface area (Å²) >= 11 is 0. The second-order valence-electron chi connectivity index (χ2n) is 4.59. The molecule has 0 saturated heterocycles. The van der Waals surface area contributed by atoms with Gasteiger partial charge < -0.3 is 0 Å². The van der Waals surface area contributed by atoms with Crippen molar-refractivity contribution >= 4 is 16.6 Å². The van der Waals surface area contributed by atoms with E-state index in [0.29, 0.717) is 5.75 Å². The molecule has 1 atom stereocenters. The van der Waals surface area contributed by atoms with Gasteiger partial charge >= 0.3 is 0 Å². The molecule has 0 spiro atoms. The zero-order chi connectivity index (χ0) is 14.5. The summed E-state index contributed by atoms with van der Waals surface area (Å²) in [6, 6.07) is 13.1. The highest BCUT2D eigenvalue weighted by molar-refractivity contribution is 7.85. The van der Waals surface area contributed by atoms with Gasteiger partial charge in [-0.2, -0.15) is 0 Å². The Morgan fingerprint density at radius 2 is 1.90 bits per heavy atom. The molecule has 4 heteroatoms. The van der Waals surface area contributed by atoms with Crippen LogP contribution in [0.4, 0.5) is 4.39 Å². The van der Waals surface area contributed by atoms with Crippen LogP contribution in [-0.4, -0.2) is 15.7 Å². The Kier molecular flexibility index (Phi) is 4.79. The monoisotopic (exact) mass is 290 g/mol. The lowest BCUT2D eigenvalue weighted by atomic mass is 10.1. The first-order valence-electron chi connectivity index (χ1n) is 6.24. The topological polar surface area (TPSA) is 34.1 Å². The molecule has 0 N–H and O–H groups in total. The summed E-state index contributed by atoms with van der Waals surface area (Å²) in [5.74, 6) is -0.497. The van der Waals surface area contributed by atoms with Crippen LogP contribution in [0.5, 0.6) is 0 Å². The van der Waals surface area contributed by atoms with Crippen molar-refractivity contribution in [1.82, 2.24) is 0 Å². The van der Waals surface area contributed by atoms with Crippen molar-refractivity contribution in [3.63, 3.8) is 0 Å². The largest absolute Gasteiger partial charge is 0.293 e. The summed E-state index contributed by atoms with van der Waals surface area (Å²) in [6.45, 7) is 1.95. The summed E-state index contributed by atoms with van der Waals surface area (Å²) in [5.41, 5.74) is 2.29. The fourth-order valence-electron chi connectivity index (χ4n) is 1.89. The molecule has 1 unspecified atom stereocenters. The van der Waals surface area contributed by atoms with Gasteiger partial charge in [-0.05, 0) is 30.2 Å². The predicted molar refractivity (Wildman–Crippen MR) is 78.6 cm³/mol. The lowest BCUT2D eigenvalue weighted by Gasteiger charge is -2.05. The molecule has 0 radical (unpaired) electrons. The molecule has 2 nitrogen and oxygen atoms in total. The second kappa shape index (κ2) is 6.57. The van der Waals surface area contributed by atoms with Crippen LogP contribution in [-0.2, 0) is 16.6 Å². The van der Waals surface area contributed by atoms with E-state index in [-0.39, 0.29) is 17.1 Å². The van der Waals surface area contributed by atoms with Gasteiger partial charge in [0.2, 0.25) is 0 Å². The van der Waals surface area contributed by atoms with Gasteiger partial charge in [-0.15, -0.1) is 0 Å². The standard InChI is InChI=1S/C16H15FO2S/c1-12-5-2-3-6-14(12)10-20(19)11-16(18)13-7-4-8-15(17)9-13/h2-9H,10-11H2,1H3. The molecule has 0 aromatic heterocycles. The van der Waals surface area contributed by atoms with Crippen LogP contribution in [0.2, 0.25) is 0 Å². The Labute approximate surface area is 120 Å².